The van der Waals surface area contributed by atoms with Gasteiger partial charge in [-0.3, -0.25) is 9.79 Å². The zero-order chi connectivity index (χ0) is 16.8. The van der Waals surface area contributed by atoms with Crippen LogP contribution < -0.4 is 5.73 Å². The van der Waals surface area contributed by atoms with Gasteiger partial charge in [-0.1, -0.05) is 19.1 Å². The average molecular weight is 316 g/mol. The van der Waals surface area contributed by atoms with Crippen LogP contribution in [0.3, 0.4) is 0 Å². The summed E-state index contributed by atoms with van der Waals surface area (Å²) in [6.45, 7) is 4.91. The second-order valence-electron chi connectivity index (χ2n) is 6.58. The molecule has 1 aliphatic rings. The van der Waals surface area contributed by atoms with Gasteiger partial charge in [0.15, 0.2) is 5.96 Å². The Kier molecular flexibility index (Phi) is 6.02. The molecule has 0 radical (unpaired) electrons. The maximum atomic E-state index is 12.0. The molecule has 1 aliphatic heterocycles. The van der Waals surface area contributed by atoms with Gasteiger partial charge in [-0.2, -0.15) is 0 Å². The molecule has 1 unspecified atom stereocenters. The van der Waals surface area contributed by atoms with E-state index in [0.29, 0.717) is 24.0 Å². The van der Waals surface area contributed by atoms with E-state index in [9.17, 15) is 4.79 Å². The topological polar surface area (TPSA) is 61.9 Å². The highest BCUT2D eigenvalue weighted by atomic mass is 16.2. The number of carbonyl (C=O) groups is 1. The van der Waals surface area contributed by atoms with E-state index in [0.717, 1.165) is 25.1 Å². The SMILES string of the molecule is CC1CCCN(C(N)=NCCc2cccc(C(=O)N(C)C)c2)C1. The minimum absolute atomic E-state index is 0.0252. The van der Waals surface area contributed by atoms with E-state index in [2.05, 4.69) is 16.8 Å². The van der Waals surface area contributed by atoms with E-state index >= 15 is 0 Å². The largest absolute Gasteiger partial charge is 0.370 e. The fraction of sp³-hybridized carbons (Fsp3) is 0.556. The predicted octanol–water partition coefficient (Wildman–Crippen LogP) is 1.98. The maximum absolute atomic E-state index is 12.0. The molecule has 5 nitrogen and oxygen atoms in total. The van der Waals surface area contributed by atoms with Crippen molar-refractivity contribution in [3.63, 3.8) is 0 Å². The summed E-state index contributed by atoms with van der Waals surface area (Å²) in [5.74, 6) is 1.36. The van der Waals surface area contributed by atoms with Crippen LogP contribution in [0.4, 0.5) is 0 Å². The highest BCUT2D eigenvalue weighted by molar-refractivity contribution is 5.94. The average Bonchev–Trinajstić information content (AvgIpc) is 2.54. The number of benzene rings is 1. The zero-order valence-electron chi connectivity index (χ0n) is 14.5. The number of nitrogens with two attached hydrogens (primary N) is 1. The number of amides is 1. The Labute approximate surface area is 139 Å². The lowest BCUT2D eigenvalue weighted by molar-refractivity contribution is 0.0827. The minimum Gasteiger partial charge on any atom is -0.370 e. The summed E-state index contributed by atoms with van der Waals surface area (Å²) in [7, 11) is 3.53. The third kappa shape index (κ3) is 4.98. The lowest BCUT2D eigenvalue weighted by Gasteiger charge is -2.31. The first-order chi connectivity index (χ1) is 11.0. The molecule has 1 atom stereocenters. The number of hydrogen-bond acceptors (Lipinski definition) is 2. The first-order valence-corrected chi connectivity index (χ1v) is 8.33. The van der Waals surface area contributed by atoms with Crippen molar-refractivity contribution in [3.8, 4) is 0 Å². The Hall–Kier alpha value is -2.04. The van der Waals surface area contributed by atoms with E-state index in [4.69, 9.17) is 5.73 Å². The molecule has 0 saturated carbocycles. The van der Waals surface area contributed by atoms with Gasteiger partial charge in [0.05, 0.1) is 0 Å². The molecule has 0 spiro atoms. The standard InChI is InChI=1S/C18H28N4O/c1-14-6-5-11-22(13-14)18(19)20-10-9-15-7-4-8-16(12-15)17(23)21(2)3/h4,7-8,12,14H,5-6,9-11,13H2,1-3H3,(H2,19,20). The summed E-state index contributed by atoms with van der Waals surface area (Å²) in [6, 6.07) is 7.74. The molecule has 5 heteroatoms. The van der Waals surface area contributed by atoms with Gasteiger partial charge in [0.1, 0.15) is 0 Å². The number of aliphatic imine (C=N–C) groups is 1. The van der Waals surface area contributed by atoms with Gasteiger partial charge in [0.25, 0.3) is 5.91 Å². The monoisotopic (exact) mass is 316 g/mol. The molecule has 1 aromatic rings. The molecule has 23 heavy (non-hydrogen) atoms. The van der Waals surface area contributed by atoms with Crippen LogP contribution >= 0.6 is 0 Å². The van der Waals surface area contributed by atoms with Crippen LogP contribution in [0.1, 0.15) is 35.7 Å². The Morgan fingerprint density at radius 3 is 2.91 bits per heavy atom. The number of hydrogen-bond donors (Lipinski definition) is 1. The first-order valence-electron chi connectivity index (χ1n) is 8.33. The number of piperidine rings is 1. The molecule has 0 bridgehead atoms. The van der Waals surface area contributed by atoms with Gasteiger partial charge in [-0.25, -0.2) is 0 Å². The fourth-order valence-corrected chi connectivity index (χ4v) is 2.92. The molecule has 126 valence electrons. The number of nitrogens with zero attached hydrogens (tertiary/aromatic N) is 3. The summed E-state index contributed by atoms with van der Waals surface area (Å²) < 4.78 is 0. The fourth-order valence-electron chi connectivity index (χ4n) is 2.92. The number of rotatable bonds is 4. The normalized spacial score (nSPS) is 18.8. The summed E-state index contributed by atoms with van der Waals surface area (Å²) in [5, 5.41) is 0. The van der Waals surface area contributed by atoms with E-state index in [-0.39, 0.29) is 5.91 Å². The molecular weight excluding hydrogens is 288 g/mol. The summed E-state index contributed by atoms with van der Waals surface area (Å²) >= 11 is 0. The van der Waals surface area contributed by atoms with Crippen molar-refractivity contribution >= 4 is 11.9 Å². The molecule has 0 aromatic heterocycles. The molecule has 1 heterocycles. The quantitative estimate of drug-likeness (QED) is 0.682. The molecule has 2 rings (SSSR count). The third-order valence-electron chi connectivity index (χ3n) is 4.24. The van der Waals surface area contributed by atoms with Gasteiger partial charge in [-0.05, 0) is 42.9 Å². The molecule has 0 aliphatic carbocycles. The lowest BCUT2D eigenvalue weighted by Crippen LogP contribution is -2.43. The van der Waals surface area contributed by atoms with Crippen LogP contribution in [0, 0.1) is 5.92 Å². The Morgan fingerprint density at radius 2 is 2.22 bits per heavy atom. The van der Waals surface area contributed by atoms with Crippen molar-refractivity contribution in [1.29, 1.82) is 0 Å². The maximum Gasteiger partial charge on any atom is 0.253 e. The van der Waals surface area contributed by atoms with Crippen molar-refractivity contribution in [1.82, 2.24) is 9.80 Å². The third-order valence-corrected chi connectivity index (χ3v) is 4.24. The Bertz CT molecular complexity index is 568. The van der Waals surface area contributed by atoms with E-state index in [1.54, 1.807) is 19.0 Å². The lowest BCUT2D eigenvalue weighted by atomic mass is 10.0. The van der Waals surface area contributed by atoms with Gasteiger partial charge in [0.2, 0.25) is 0 Å². The van der Waals surface area contributed by atoms with Gasteiger partial charge < -0.3 is 15.5 Å². The molecule has 1 aromatic carbocycles. The van der Waals surface area contributed by atoms with Crippen molar-refractivity contribution in [3.05, 3.63) is 35.4 Å². The smallest absolute Gasteiger partial charge is 0.253 e. The van der Waals surface area contributed by atoms with Crippen molar-refractivity contribution < 1.29 is 4.79 Å². The first kappa shape index (κ1) is 17.3. The Balaban J connectivity index is 1.91. The summed E-state index contributed by atoms with van der Waals surface area (Å²) in [5.41, 5.74) is 7.94. The molecular formula is C18H28N4O. The van der Waals surface area contributed by atoms with Crippen molar-refractivity contribution in [2.75, 3.05) is 33.7 Å². The van der Waals surface area contributed by atoms with Gasteiger partial charge in [-0.15, -0.1) is 0 Å². The van der Waals surface area contributed by atoms with Crippen LogP contribution in [0.25, 0.3) is 0 Å². The van der Waals surface area contributed by atoms with Crippen molar-refractivity contribution in [2.24, 2.45) is 16.6 Å². The van der Waals surface area contributed by atoms with Crippen molar-refractivity contribution in [2.45, 2.75) is 26.2 Å². The van der Waals surface area contributed by atoms with E-state index in [1.165, 1.54) is 12.8 Å². The van der Waals surface area contributed by atoms with E-state index < -0.39 is 0 Å². The van der Waals surface area contributed by atoms with Crippen LogP contribution in [-0.2, 0) is 6.42 Å². The highest BCUT2D eigenvalue weighted by Gasteiger charge is 2.17. The molecule has 1 saturated heterocycles. The number of likely N-dealkylation sites (tertiary alicyclic amines) is 1. The van der Waals surface area contributed by atoms with Crippen LogP contribution in [0.5, 0.6) is 0 Å². The second kappa shape index (κ2) is 7.99. The Morgan fingerprint density at radius 1 is 1.43 bits per heavy atom. The minimum atomic E-state index is 0.0252. The zero-order valence-corrected chi connectivity index (χ0v) is 14.5. The summed E-state index contributed by atoms with van der Waals surface area (Å²) in [4.78, 5) is 20.3. The van der Waals surface area contributed by atoms with Gasteiger partial charge >= 0.3 is 0 Å². The van der Waals surface area contributed by atoms with E-state index in [1.807, 2.05) is 24.3 Å². The molecule has 1 amide bonds. The molecule has 2 N–H and O–H groups in total. The van der Waals surface area contributed by atoms with Gasteiger partial charge in [0, 0.05) is 39.3 Å². The predicted molar refractivity (Wildman–Crippen MR) is 94.6 cm³/mol. The van der Waals surface area contributed by atoms with Crippen LogP contribution in [-0.4, -0.2) is 55.4 Å². The second-order valence-corrected chi connectivity index (χ2v) is 6.58. The molecule has 1 fully saturated rings. The summed E-state index contributed by atoms with van der Waals surface area (Å²) in [6.07, 6.45) is 3.25. The van der Waals surface area contributed by atoms with Crippen LogP contribution in [0.15, 0.2) is 29.3 Å². The number of carbonyl (C=O) groups excluding carboxylic acids is 1. The highest BCUT2D eigenvalue weighted by Crippen LogP contribution is 2.15. The van der Waals surface area contributed by atoms with Crippen LogP contribution in [0.2, 0.25) is 0 Å². The number of guanidine groups is 1.